The molecule has 1 saturated heterocycles. The molecule has 1 fully saturated rings. The molecule has 0 aromatic heterocycles. The molecule has 144 valence electrons. The van der Waals surface area contributed by atoms with Crippen molar-refractivity contribution in [1.29, 1.82) is 0 Å². The minimum absolute atomic E-state index is 0.0229. The minimum Gasteiger partial charge on any atom is -0.390 e. The van der Waals surface area contributed by atoms with Gasteiger partial charge in [-0.1, -0.05) is 18.2 Å². The number of aliphatic hydroxyl groups excluding tert-OH is 1. The van der Waals surface area contributed by atoms with Gasteiger partial charge >= 0.3 is 0 Å². The zero-order valence-corrected chi connectivity index (χ0v) is 14.7. The van der Waals surface area contributed by atoms with Crippen LogP contribution in [0.2, 0.25) is 0 Å². The Morgan fingerprint density at radius 3 is 2.52 bits per heavy atom. The molecule has 1 heterocycles. The highest BCUT2D eigenvalue weighted by Crippen LogP contribution is 2.23. The van der Waals surface area contributed by atoms with Gasteiger partial charge in [-0.25, -0.2) is 8.78 Å². The van der Waals surface area contributed by atoms with Gasteiger partial charge in [0.15, 0.2) is 0 Å². The Hall–Kier alpha value is -2.35. The van der Waals surface area contributed by atoms with E-state index < -0.39 is 23.3 Å². The van der Waals surface area contributed by atoms with Crippen LogP contribution in [0, 0.1) is 11.6 Å². The minimum atomic E-state index is -1.55. The van der Waals surface area contributed by atoms with E-state index in [0.717, 1.165) is 6.07 Å². The molecule has 0 saturated carbocycles. The summed E-state index contributed by atoms with van der Waals surface area (Å²) >= 11 is 0. The topological polar surface area (TPSA) is 72.8 Å². The van der Waals surface area contributed by atoms with Crippen molar-refractivity contribution in [1.82, 2.24) is 10.2 Å². The lowest BCUT2D eigenvalue weighted by atomic mass is 9.89. The first-order valence-electron chi connectivity index (χ1n) is 8.78. The molecule has 3 rings (SSSR count). The summed E-state index contributed by atoms with van der Waals surface area (Å²) in [6.07, 6.45) is -0.764. The zero-order chi connectivity index (χ0) is 19.4. The molecule has 1 aliphatic rings. The van der Waals surface area contributed by atoms with Gasteiger partial charge in [0, 0.05) is 31.3 Å². The Bertz CT molecular complexity index is 783. The van der Waals surface area contributed by atoms with Crippen LogP contribution in [-0.2, 0) is 6.54 Å². The standard InChI is InChI=1S/C20H22F2N2O3/c21-16-8-14(9-17(22)10-16)11-23-12-20(27)13-24(7-6-18(20)25)19(26)15-4-2-1-3-5-15/h1-5,8-10,18,23,25,27H,6-7,11-13H2/t18-,20+/m0/s1. The molecule has 0 bridgehead atoms. The number of carbonyl (C=O) groups is 1. The monoisotopic (exact) mass is 376 g/mol. The van der Waals surface area contributed by atoms with Gasteiger partial charge in [0.25, 0.3) is 5.91 Å². The number of β-amino-alcohol motifs (C(OH)–C–C–N with tert-alkyl or cyclic N) is 1. The third-order valence-corrected chi connectivity index (χ3v) is 4.75. The highest BCUT2D eigenvalue weighted by atomic mass is 19.1. The van der Waals surface area contributed by atoms with Crippen molar-refractivity contribution in [3.8, 4) is 0 Å². The lowest BCUT2D eigenvalue weighted by Crippen LogP contribution is -2.62. The lowest BCUT2D eigenvalue weighted by Gasteiger charge is -2.42. The van der Waals surface area contributed by atoms with Gasteiger partial charge in [-0.15, -0.1) is 0 Å². The maximum atomic E-state index is 13.2. The number of hydrogen-bond donors (Lipinski definition) is 3. The van der Waals surface area contributed by atoms with E-state index in [1.165, 1.54) is 17.0 Å². The second-order valence-electron chi connectivity index (χ2n) is 6.88. The Balaban J connectivity index is 1.63. The molecule has 2 aromatic carbocycles. The summed E-state index contributed by atoms with van der Waals surface area (Å²) in [6, 6.07) is 11.9. The van der Waals surface area contributed by atoms with E-state index in [4.69, 9.17) is 0 Å². The number of hydrogen-bond acceptors (Lipinski definition) is 4. The normalized spacial score (nSPS) is 22.7. The Morgan fingerprint density at radius 2 is 1.85 bits per heavy atom. The molecule has 0 radical (unpaired) electrons. The number of likely N-dealkylation sites (tertiary alicyclic amines) is 1. The molecule has 7 heteroatoms. The highest BCUT2D eigenvalue weighted by molar-refractivity contribution is 5.94. The first-order chi connectivity index (χ1) is 12.9. The fraction of sp³-hybridized carbons (Fsp3) is 0.350. The quantitative estimate of drug-likeness (QED) is 0.743. The molecule has 5 nitrogen and oxygen atoms in total. The van der Waals surface area contributed by atoms with Crippen molar-refractivity contribution in [3.05, 3.63) is 71.3 Å². The number of benzene rings is 2. The average molecular weight is 376 g/mol. The van der Waals surface area contributed by atoms with E-state index in [-0.39, 0.29) is 32.0 Å². The molecule has 1 amide bonds. The van der Waals surface area contributed by atoms with Crippen LogP contribution < -0.4 is 5.32 Å². The van der Waals surface area contributed by atoms with Gasteiger partial charge in [-0.3, -0.25) is 4.79 Å². The van der Waals surface area contributed by atoms with Crippen LogP contribution in [0.15, 0.2) is 48.5 Å². The summed E-state index contributed by atoms with van der Waals surface area (Å²) < 4.78 is 26.5. The van der Waals surface area contributed by atoms with E-state index >= 15 is 0 Å². The predicted octanol–water partition coefficient (Wildman–Crippen LogP) is 1.69. The van der Waals surface area contributed by atoms with Crippen molar-refractivity contribution < 1.29 is 23.8 Å². The van der Waals surface area contributed by atoms with E-state index in [0.29, 0.717) is 17.7 Å². The van der Waals surface area contributed by atoms with Gasteiger partial charge < -0.3 is 20.4 Å². The number of amides is 1. The second-order valence-corrected chi connectivity index (χ2v) is 6.88. The largest absolute Gasteiger partial charge is 0.390 e. The van der Waals surface area contributed by atoms with E-state index in [1.54, 1.807) is 24.3 Å². The second kappa shape index (κ2) is 8.12. The van der Waals surface area contributed by atoms with Crippen molar-refractivity contribution >= 4 is 5.91 Å². The van der Waals surface area contributed by atoms with Gasteiger partial charge in [-0.05, 0) is 36.2 Å². The van der Waals surface area contributed by atoms with Gasteiger partial charge in [0.1, 0.15) is 17.2 Å². The first-order valence-corrected chi connectivity index (χ1v) is 8.78. The number of piperidine rings is 1. The van der Waals surface area contributed by atoms with Crippen LogP contribution in [-0.4, -0.2) is 52.4 Å². The molecule has 2 aromatic rings. The van der Waals surface area contributed by atoms with Gasteiger partial charge in [-0.2, -0.15) is 0 Å². The Kier molecular flexibility index (Phi) is 5.84. The van der Waals surface area contributed by atoms with Gasteiger partial charge in [0.2, 0.25) is 0 Å². The number of carbonyl (C=O) groups excluding carboxylic acids is 1. The number of aliphatic hydroxyl groups is 2. The van der Waals surface area contributed by atoms with Crippen LogP contribution in [0.5, 0.6) is 0 Å². The smallest absolute Gasteiger partial charge is 0.253 e. The number of rotatable bonds is 5. The molecule has 1 aliphatic heterocycles. The molecule has 0 spiro atoms. The molecule has 27 heavy (non-hydrogen) atoms. The first kappa shape index (κ1) is 19.4. The summed E-state index contributed by atoms with van der Waals surface area (Å²) in [4.78, 5) is 14.1. The van der Waals surface area contributed by atoms with Crippen molar-refractivity contribution in [2.45, 2.75) is 24.7 Å². The van der Waals surface area contributed by atoms with Crippen LogP contribution in [0.1, 0.15) is 22.3 Å². The van der Waals surface area contributed by atoms with Crippen LogP contribution >= 0.6 is 0 Å². The van der Waals surface area contributed by atoms with E-state index in [2.05, 4.69) is 5.32 Å². The fourth-order valence-corrected chi connectivity index (χ4v) is 3.31. The van der Waals surface area contributed by atoms with E-state index in [1.807, 2.05) is 6.07 Å². The molecule has 0 aliphatic carbocycles. The fourth-order valence-electron chi connectivity index (χ4n) is 3.31. The van der Waals surface area contributed by atoms with Crippen LogP contribution in [0.25, 0.3) is 0 Å². The SMILES string of the molecule is O=C(c1ccccc1)N1CC[C@H](O)[C@@](O)(CNCc2cc(F)cc(F)c2)C1. The zero-order valence-electron chi connectivity index (χ0n) is 14.7. The van der Waals surface area contributed by atoms with E-state index in [9.17, 15) is 23.8 Å². The summed E-state index contributed by atoms with van der Waals surface area (Å²) in [6.45, 7) is 0.403. The maximum absolute atomic E-state index is 13.2. The summed E-state index contributed by atoms with van der Waals surface area (Å²) in [5.41, 5.74) is -0.646. The third kappa shape index (κ3) is 4.68. The number of nitrogens with zero attached hydrogens (tertiary/aromatic N) is 1. The van der Waals surface area contributed by atoms with Crippen molar-refractivity contribution in [2.75, 3.05) is 19.6 Å². The van der Waals surface area contributed by atoms with Crippen molar-refractivity contribution in [3.63, 3.8) is 0 Å². The molecular weight excluding hydrogens is 354 g/mol. The third-order valence-electron chi connectivity index (χ3n) is 4.75. The molecule has 2 atom stereocenters. The van der Waals surface area contributed by atoms with Crippen LogP contribution in [0.4, 0.5) is 8.78 Å². The average Bonchev–Trinajstić information content (AvgIpc) is 2.63. The molecule has 0 unspecified atom stereocenters. The lowest BCUT2D eigenvalue weighted by molar-refractivity contribution is -0.111. The Morgan fingerprint density at radius 1 is 1.19 bits per heavy atom. The highest BCUT2D eigenvalue weighted by Gasteiger charge is 2.42. The maximum Gasteiger partial charge on any atom is 0.253 e. The molecular formula is C20H22F2N2O3. The van der Waals surface area contributed by atoms with Gasteiger partial charge in [0.05, 0.1) is 12.6 Å². The molecule has 3 N–H and O–H groups in total. The van der Waals surface area contributed by atoms with Crippen LogP contribution in [0.3, 0.4) is 0 Å². The summed E-state index contributed by atoms with van der Waals surface area (Å²) in [5.74, 6) is -1.57. The Labute approximate surface area is 156 Å². The predicted molar refractivity (Wildman–Crippen MR) is 96.0 cm³/mol. The summed E-state index contributed by atoms with van der Waals surface area (Å²) in [5, 5.41) is 24.0. The number of halogens is 2. The van der Waals surface area contributed by atoms with Crippen molar-refractivity contribution in [2.24, 2.45) is 0 Å². The summed E-state index contributed by atoms with van der Waals surface area (Å²) in [7, 11) is 0. The number of nitrogens with one attached hydrogen (secondary N) is 1.